The Kier molecular flexibility index (Phi) is 6.60. The quantitative estimate of drug-likeness (QED) is 0.169. The summed E-state index contributed by atoms with van der Waals surface area (Å²) in [6.07, 6.45) is 0. The predicted molar refractivity (Wildman–Crippen MR) is 216 cm³/mol. The van der Waals surface area contributed by atoms with Gasteiger partial charge in [0.05, 0.1) is 0 Å². The van der Waals surface area contributed by atoms with E-state index in [0.717, 1.165) is 0 Å². The Bertz CT molecular complexity index is 2850. The fourth-order valence-corrected chi connectivity index (χ4v) is 7.95. The predicted octanol–water partition coefficient (Wildman–Crippen LogP) is 14.1. The zero-order valence-corrected chi connectivity index (χ0v) is 27.5. The normalized spacial score (nSPS) is 11.6. The first-order chi connectivity index (χ1) is 24.8. The van der Waals surface area contributed by atoms with E-state index in [2.05, 4.69) is 194 Å². The first-order valence-electron chi connectivity index (χ1n) is 17.3. The van der Waals surface area contributed by atoms with Crippen LogP contribution in [0.3, 0.4) is 0 Å². The lowest BCUT2D eigenvalue weighted by atomic mass is 9.89. The second-order valence-electron chi connectivity index (χ2n) is 13.3. The van der Waals surface area contributed by atoms with Gasteiger partial charge < -0.3 is 0 Å². The molecule has 0 atom stereocenters. The molecular weight excluding hydrogens is 601 g/mol. The van der Waals surface area contributed by atoms with Crippen LogP contribution in [0.4, 0.5) is 0 Å². The average molecular weight is 633 g/mol. The number of hydrogen-bond donors (Lipinski definition) is 0. The Morgan fingerprint density at radius 2 is 0.540 bits per heavy atom. The van der Waals surface area contributed by atoms with Gasteiger partial charge in [-0.1, -0.05) is 170 Å². The summed E-state index contributed by atoms with van der Waals surface area (Å²) in [5.74, 6) is 0. The van der Waals surface area contributed by atoms with Crippen LogP contribution in [0.5, 0.6) is 0 Å². The van der Waals surface area contributed by atoms with E-state index in [1.165, 1.54) is 98.4 Å². The molecule has 0 unspecified atom stereocenters. The molecule has 0 spiro atoms. The van der Waals surface area contributed by atoms with E-state index in [9.17, 15) is 0 Å². The third-order valence-electron chi connectivity index (χ3n) is 10.4. The van der Waals surface area contributed by atoms with Crippen molar-refractivity contribution in [2.75, 3.05) is 0 Å². The van der Waals surface area contributed by atoms with E-state index in [4.69, 9.17) is 0 Å². The van der Waals surface area contributed by atoms with Crippen molar-refractivity contribution in [2.45, 2.75) is 0 Å². The molecule has 0 aliphatic rings. The molecule has 0 saturated carbocycles. The molecule has 10 aromatic rings. The van der Waals surface area contributed by atoms with Gasteiger partial charge in [-0.15, -0.1) is 0 Å². The van der Waals surface area contributed by atoms with Gasteiger partial charge in [-0.05, 0) is 123 Å². The summed E-state index contributed by atoms with van der Waals surface area (Å²) >= 11 is 0. The summed E-state index contributed by atoms with van der Waals surface area (Å²) < 4.78 is 0. The van der Waals surface area contributed by atoms with E-state index >= 15 is 0 Å². The second kappa shape index (κ2) is 11.6. The van der Waals surface area contributed by atoms with Crippen molar-refractivity contribution in [2.24, 2.45) is 0 Å². The molecule has 0 aromatic heterocycles. The van der Waals surface area contributed by atoms with Crippen LogP contribution in [0.25, 0.3) is 98.4 Å². The molecule has 10 aromatic carbocycles. The van der Waals surface area contributed by atoms with E-state index in [1.54, 1.807) is 0 Å². The van der Waals surface area contributed by atoms with Gasteiger partial charge in [0.2, 0.25) is 0 Å². The first kappa shape index (κ1) is 28.5. The fourth-order valence-electron chi connectivity index (χ4n) is 7.95. The maximum Gasteiger partial charge on any atom is -0.00928 e. The fraction of sp³-hybridized carbons (Fsp3) is 0. The van der Waals surface area contributed by atoms with Crippen LogP contribution in [0, 0.1) is 0 Å². The van der Waals surface area contributed by atoms with E-state index in [1.807, 2.05) is 0 Å². The van der Waals surface area contributed by atoms with Gasteiger partial charge in [0.25, 0.3) is 0 Å². The Hall–Kier alpha value is -6.50. The maximum absolute atomic E-state index is 2.39. The average Bonchev–Trinajstić information content (AvgIpc) is 3.21. The number of hydrogen-bond acceptors (Lipinski definition) is 0. The van der Waals surface area contributed by atoms with Gasteiger partial charge in [-0.25, -0.2) is 0 Å². The summed E-state index contributed by atoms with van der Waals surface area (Å²) in [4.78, 5) is 0. The lowest BCUT2D eigenvalue weighted by Crippen LogP contribution is -1.88. The molecule has 0 N–H and O–H groups in total. The highest BCUT2D eigenvalue weighted by molar-refractivity contribution is 6.25. The summed E-state index contributed by atoms with van der Waals surface area (Å²) in [6, 6.07) is 71.3. The molecule has 0 bridgehead atoms. The third kappa shape index (κ3) is 4.69. The Balaban J connectivity index is 1.14. The molecule has 0 nitrogen and oxygen atoms in total. The standard InChI is InChI=1S/C50H32/c1-3-11-33(12-4-1)37-23-26-41-40(29-37)32-48(50-31-38(24-27-46(41)50)34-13-5-2-6-14-34)36-21-19-35(20-22-36)39-25-28-47-44-17-8-7-15-42(44)43-16-9-10-18-45(43)49(47)30-39/h1-32H. The number of fused-ring (bicyclic) bond motifs is 9. The van der Waals surface area contributed by atoms with Crippen LogP contribution in [-0.2, 0) is 0 Å². The minimum Gasteiger partial charge on any atom is -0.0622 e. The summed E-state index contributed by atoms with van der Waals surface area (Å²) in [7, 11) is 0. The van der Waals surface area contributed by atoms with Gasteiger partial charge in [0.1, 0.15) is 0 Å². The van der Waals surface area contributed by atoms with Crippen molar-refractivity contribution < 1.29 is 0 Å². The minimum absolute atomic E-state index is 1.22. The van der Waals surface area contributed by atoms with Crippen LogP contribution in [0.1, 0.15) is 0 Å². The Morgan fingerprint density at radius 1 is 0.180 bits per heavy atom. The van der Waals surface area contributed by atoms with Gasteiger partial charge in [0, 0.05) is 0 Å². The molecule has 50 heavy (non-hydrogen) atoms. The summed E-state index contributed by atoms with van der Waals surface area (Å²) in [5, 5.41) is 12.9. The van der Waals surface area contributed by atoms with Gasteiger partial charge in [0.15, 0.2) is 0 Å². The minimum atomic E-state index is 1.22. The van der Waals surface area contributed by atoms with Crippen LogP contribution >= 0.6 is 0 Å². The SMILES string of the molecule is c1ccc(-c2ccc3c(c2)cc(-c2ccc(-c4ccc5c6ccccc6c6ccccc6c5c4)cc2)c2cc(-c4ccccc4)ccc23)cc1. The highest BCUT2D eigenvalue weighted by Crippen LogP contribution is 2.41. The zero-order chi connectivity index (χ0) is 33.0. The molecular formula is C50H32. The number of benzene rings is 10. The summed E-state index contributed by atoms with van der Waals surface area (Å²) in [5.41, 5.74) is 9.83. The van der Waals surface area contributed by atoms with Crippen molar-refractivity contribution in [1.82, 2.24) is 0 Å². The zero-order valence-electron chi connectivity index (χ0n) is 27.5. The van der Waals surface area contributed by atoms with E-state index in [-0.39, 0.29) is 0 Å². The number of rotatable bonds is 4. The topological polar surface area (TPSA) is 0 Å². The van der Waals surface area contributed by atoms with Crippen LogP contribution < -0.4 is 0 Å². The van der Waals surface area contributed by atoms with Crippen LogP contribution in [0.2, 0.25) is 0 Å². The molecule has 232 valence electrons. The van der Waals surface area contributed by atoms with Crippen LogP contribution in [0.15, 0.2) is 194 Å². The monoisotopic (exact) mass is 632 g/mol. The smallest absolute Gasteiger partial charge is 0.00928 e. The van der Waals surface area contributed by atoms with Crippen molar-refractivity contribution >= 4 is 53.9 Å². The molecule has 0 aliphatic heterocycles. The Labute approximate surface area is 291 Å². The van der Waals surface area contributed by atoms with Gasteiger partial charge in [-0.3, -0.25) is 0 Å². The van der Waals surface area contributed by atoms with Crippen molar-refractivity contribution in [3.8, 4) is 44.5 Å². The first-order valence-corrected chi connectivity index (χ1v) is 17.3. The highest BCUT2D eigenvalue weighted by atomic mass is 14.2. The molecule has 0 heterocycles. The van der Waals surface area contributed by atoms with Crippen LogP contribution in [-0.4, -0.2) is 0 Å². The molecule has 10 rings (SSSR count). The molecule has 0 heteroatoms. The second-order valence-corrected chi connectivity index (χ2v) is 13.3. The van der Waals surface area contributed by atoms with Crippen molar-refractivity contribution in [1.29, 1.82) is 0 Å². The molecule has 0 saturated heterocycles. The van der Waals surface area contributed by atoms with Gasteiger partial charge in [-0.2, -0.15) is 0 Å². The molecule has 0 fully saturated rings. The molecule has 0 aliphatic carbocycles. The highest BCUT2D eigenvalue weighted by Gasteiger charge is 2.13. The lowest BCUT2D eigenvalue weighted by molar-refractivity contribution is 1.62. The van der Waals surface area contributed by atoms with Gasteiger partial charge >= 0.3 is 0 Å². The largest absolute Gasteiger partial charge is 0.0622 e. The maximum atomic E-state index is 2.39. The van der Waals surface area contributed by atoms with Crippen molar-refractivity contribution in [3.63, 3.8) is 0 Å². The third-order valence-corrected chi connectivity index (χ3v) is 10.4. The van der Waals surface area contributed by atoms with E-state index < -0.39 is 0 Å². The summed E-state index contributed by atoms with van der Waals surface area (Å²) in [6.45, 7) is 0. The molecule has 0 amide bonds. The van der Waals surface area contributed by atoms with E-state index in [0.29, 0.717) is 0 Å². The lowest BCUT2D eigenvalue weighted by Gasteiger charge is -2.15. The Morgan fingerprint density at radius 3 is 1.10 bits per heavy atom. The van der Waals surface area contributed by atoms with Crippen molar-refractivity contribution in [3.05, 3.63) is 194 Å². The molecule has 0 radical (unpaired) electrons.